The van der Waals surface area contributed by atoms with Crippen molar-refractivity contribution in [3.8, 4) is 89.0 Å². The molecule has 0 atom stereocenters. The number of fused-ring (bicyclic) bond motifs is 60. The maximum Gasteiger partial charge on any atom is 0.146 e. The van der Waals surface area contributed by atoms with Crippen molar-refractivity contribution in [3.63, 3.8) is 0 Å². The number of rotatable bonds is 0. The molecule has 0 saturated carbocycles. The van der Waals surface area contributed by atoms with Crippen LogP contribution in [-0.4, -0.2) is 77.4 Å². The van der Waals surface area contributed by atoms with Crippen molar-refractivity contribution in [2.45, 2.75) is 51.4 Å². The lowest BCUT2D eigenvalue weighted by molar-refractivity contribution is 1.22. The minimum Gasteiger partial charge on any atom is -0.290 e. The smallest absolute Gasteiger partial charge is 0.146 e. The molecule has 8 aliphatic carbocycles. The van der Waals surface area contributed by atoms with Gasteiger partial charge in [0.05, 0.1) is 91.0 Å². The number of hydrogen-bond acceptors (Lipinski definition) is 12. The van der Waals surface area contributed by atoms with Crippen molar-refractivity contribution in [1.29, 1.82) is 0 Å². The largest absolute Gasteiger partial charge is 0.290 e. The Morgan fingerprint density at radius 1 is 0.179 bits per heavy atom. The average molecular weight is 1790 g/mol. The van der Waals surface area contributed by atoms with Crippen molar-refractivity contribution < 1.29 is 0 Å². The van der Waals surface area contributed by atoms with E-state index in [0.717, 1.165) is 184 Å². The molecule has 0 spiro atoms. The van der Waals surface area contributed by atoms with Crippen LogP contribution >= 0.6 is 0 Å². The summed E-state index contributed by atoms with van der Waals surface area (Å²) >= 11 is 0. The van der Waals surface area contributed by atoms with Crippen LogP contribution < -0.4 is 0 Å². The van der Waals surface area contributed by atoms with Crippen LogP contribution in [0.25, 0.3) is 243 Å². The van der Waals surface area contributed by atoms with E-state index < -0.39 is 0 Å². The predicted molar refractivity (Wildman–Crippen MR) is 559 cm³/mol. The molecule has 0 radical (unpaired) electrons. The van der Waals surface area contributed by atoms with Gasteiger partial charge in [-0.3, -0.25) is 57.5 Å². The average Bonchev–Trinajstić information content (AvgIpc) is 1.55. The third kappa shape index (κ3) is 10.3. The fourth-order valence-corrected chi connectivity index (χ4v) is 25.9. The maximum atomic E-state index is 5.11. The molecule has 16 heteroatoms. The summed E-state index contributed by atoms with van der Waals surface area (Å²) in [4.78, 5) is 56.9. The highest BCUT2D eigenvalue weighted by Crippen LogP contribution is 2.56. The fraction of sp³-hybridized carbons (Fsp3) is 0.0645. The molecular weight excluding hydrogens is 1710 g/mol. The minimum absolute atomic E-state index is 0.906. The van der Waals surface area contributed by atoms with Gasteiger partial charge >= 0.3 is 0 Å². The molecule has 0 N–H and O–H groups in total. The van der Waals surface area contributed by atoms with E-state index in [2.05, 4.69) is 262 Å². The van der Waals surface area contributed by atoms with Gasteiger partial charge in [0.2, 0.25) is 0 Å². The highest BCUT2D eigenvalue weighted by atomic mass is 15.1. The van der Waals surface area contributed by atoms with E-state index in [0.29, 0.717) is 0 Å². The van der Waals surface area contributed by atoms with Gasteiger partial charge in [-0.15, -0.1) is 0 Å². The molecule has 140 heavy (non-hydrogen) atoms. The zero-order chi connectivity index (χ0) is 90.7. The summed E-state index contributed by atoms with van der Waals surface area (Å²) in [5, 5.41) is 9.37. The molecule has 0 fully saturated rings. The van der Waals surface area contributed by atoms with E-state index in [1.54, 1.807) is 0 Å². The summed E-state index contributed by atoms with van der Waals surface area (Å²) in [6.45, 7) is 0. The second-order valence-corrected chi connectivity index (χ2v) is 38.8. The minimum atomic E-state index is 0.906. The first-order valence-electron chi connectivity index (χ1n) is 48.2. The quantitative estimate of drug-likeness (QED) is 0.132. The van der Waals surface area contributed by atoms with Crippen LogP contribution in [0.1, 0.15) is 89.0 Å². The fourth-order valence-electron chi connectivity index (χ4n) is 25.9. The number of hydrogen-bond donors (Lipinski definition) is 0. The molecule has 16 aromatic heterocycles. The Hall–Kier alpha value is -18.3. The van der Waals surface area contributed by atoms with Crippen molar-refractivity contribution in [2.75, 3.05) is 0 Å². The molecular formula is C124H72N16. The summed E-state index contributed by atoms with van der Waals surface area (Å²) in [5.74, 6) is 0. The molecule has 648 valence electrons. The Morgan fingerprint density at radius 2 is 0.500 bits per heavy atom. The summed E-state index contributed by atoms with van der Waals surface area (Å²) < 4.78 is 9.01. The molecule has 36 rings (SSSR count). The Morgan fingerprint density at radius 3 is 1.02 bits per heavy atom. The summed E-state index contributed by atoms with van der Waals surface area (Å²) in [6.07, 6.45) is 30.1. The normalized spacial score (nSPS) is 13.5. The van der Waals surface area contributed by atoms with Gasteiger partial charge in [-0.1, -0.05) is 152 Å². The molecule has 0 saturated heterocycles. The van der Waals surface area contributed by atoms with Crippen LogP contribution in [-0.2, 0) is 51.4 Å². The zero-order valence-electron chi connectivity index (χ0n) is 75.1. The Bertz CT molecular complexity index is 10700. The Kier molecular flexibility index (Phi) is 14.9. The van der Waals surface area contributed by atoms with Gasteiger partial charge in [-0.25, -0.2) is 19.9 Å². The number of nitrogens with zero attached hydrogens (tertiary/aromatic N) is 16. The van der Waals surface area contributed by atoms with Crippen molar-refractivity contribution in [3.05, 3.63) is 430 Å². The van der Waals surface area contributed by atoms with Crippen LogP contribution in [0.5, 0.6) is 0 Å². The lowest BCUT2D eigenvalue weighted by atomic mass is 9.93. The van der Waals surface area contributed by atoms with Gasteiger partial charge < -0.3 is 0 Å². The van der Waals surface area contributed by atoms with Gasteiger partial charge in [0.25, 0.3) is 0 Å². The SMILES string of the molecule is c1ccc2c(c1)Cc1cc3c(cc1-2)-c1ccc2c4ncccc4n4c5ccncc5nc4c2c1C3.c1ccc2c(c1)Cc1cc3c(cc1-2)Cc1cc2c(cc1-3)c1ncccc1n1c3ccncc3nc21.c1ccc2c(c1)Cc1ccc3c(c1-2)-c1ccc2c4ncccc4n4c5ccncc5nc4c2c1C3.c1ccc2c(c1)Cc1ccc3c(c1-2)Cc1cc2c(cc1-3)c1ncccc1n1c3ccncc3nc21. The van der Waals surface area contributed by atoms with Gasteiger partial charge in [-0.2, -0.15) is 0 Å². The van der Waals surface area contributed by atoms with Crippen LogP contribution in [0.3, 0.4) is 0 Å². The number of imidazole rings is 4. The third-order valence-electron chi connectivity index (χ3n) is 31.8. The Labute approximate surface area is 796 Å². The van der Waals surface area contributed by atoms with E-state index in [1.165, 1.54) is 200 Å². The van der Waals surface area contributed by atoms with E-state index in [-0.39, 0.29) is 0 Å². The summed E-state index contributed by atoms with van der Waals surface area (Å²) in [5.41, 5.74) is 64.8. The van der Waals surface area contributed by atoms with Crippen LogP contribution in [0.15, 0.2) is 341 Å². The second kappa shape index (κ2) is 27.7. The van der Waals surface area contributed by atoms with Crippen molar-refractivity contribution in [1.82, 2.24) is 77.4 Å². The first kappa shape index (κ1) is 75.1. The zero-order valence-corrected chi connectivity index (χ0v) is 75.1. The molecule has 0 bridgehead atoms. The second-order valence-electron chi connectivity index (χ2n) is 38.8. The van der Waals surface area contributed by atoms with E-state index in [9.17, 15) is 0 Å². The molecule has 8 aliphatic rings. The molecule has 16 nitrogen and oxygen atoms in total. The lowest BCUT2D eigenvalue weighted by Gasteiger charge is -2.13. The lowest BCUT2D eigenvalue weighted by Crippen LogP contribution is -1.96. The number of benzene rings is 12. The summed E-state index contributed by atoms with van der Waals surface area (Å²) in [6, 6.07) is 97.8. The Balaban J connectivity index is 0.0000000829. The molecule has 0 amide bonds. The molecule has 28 aromatic rings. The third-order valence-corrected chi connectivity index (χ3v) is 31.8. The standard InChI is InChI=1S/4C31H18N4/c1-2-5-20-17(4-1)14-18-7-8-19-15-23-21(28(19)27(18)20)9-10-22-29(23)31-34-24-16-32-13-11-25(24)35(31)26-6-3-12-33-30(22)26;1-2-5-20-17(4-1)12-18-13-19-14-25-21(24(19)15-23(18)20)7-8-22-29(25)31-34-26-16-32-11-9-27(26)35(31)28-6-3-10-33-30(22)28;1-2-5-20-17(4-1)12-18-7-8-21-22-15-24-25(14-19(22)13-23(21)29(18)20)31-34-26-16-32-11-9-27(26)35(31)28-6-3-10-33-30(24)28;1-2-5-21-17(4-1)10-18-13-23-19(12-22(18)21)11-20-14-26-25(15-24(20)23)30-29(6-3-8-33-30)35-28-7-9-32-16-27(28)34-31(26)35/h1-13,16H,14-15H2;1-11,13,15-16H,12,14H2;1-11,14-16H,12-13H2;1-9,12-16H,10-11H2. The van der Waals surface area contributed by atoms with Crippen molar-refractivity contribution in [2.24, 2.45) is 0 Å². The van der Waals surface area contributed by atoms with Gasteiger partial charge in [0.15, 0.2) is 0 Å². The maximum absolute atomic E-state index is 5.11. The van der Waals surface area contributed by atoms with E-state index in [1.807, 2.05) is 117 Å². The van der Waals surface area contributed by atoms with E-state index >= 15 is 0 Å². The molecule has 0 aliphatic heterocycles. The highest BCUT2D eigenvalue weighted by Gasteiger charge is 2.36. The molecule has 12 aromatic carbocycles. The number of aromatic nitrogens is 16. The topological polar surface area (TPSA) is 172 Å². The monoisotopic (exact) mass is 1780 g/mol. The predicted octanol–water partition coefficient (Wildman–Crippen LogP) is 26.9. The first-order valence-corrected chi connectivity index (χ1v) is 48.2. The highest BCUT2D eigenvalue weighted by molar-refractivity contribution is 6.20. The summed E-state index contributed by atoms with van der Waals surface area (Å²) in [7, 11) is 0. The van der Waals surface area contributed by atoms with Gasteiger partial charge in [-0.05, 0) is 345 Å². The van der Waals surface area contributed by atoms with Crippen molar-refractivity contribution >= 4 is 154 Å². The van der Waals surface area contributed by atoms with Crippen LogP contribution in [0, 0.1) is 0 Å². The van der Waals surface area contributed by atoms with Gasteiger partial charge in [0.1, 0.15) is 44.7 Å². The molecule has 16 heterocycles. The van der Waals surface area contributed by atoms with E-state index in [4.69, 9.17) is 39.9 Å². The van der Waals surface area contributed by atoms with Crippen LogP contribution in [0.2, 0.25) is 0 Å². The van der Waals surface area contributed by atoms with Gasteiger partial charge in [0, 0.05) is 92.7 Å². The number of pyridine rings is 12. The first-order chi connectivity index (χ1) is 69.4. The molecule has 0 unspecified atom stereocenters. The van der Waals surface area contributed by atoms with Crippen LogP contribution in [0.4, 0.5) is 0 Å².